The topological polar surface area (TPSA) is 80.3 Å². The molecule has 4 heterocycles. The van der Waals surface area contributed by atoms with Crippen molar-refractivity contribution in [3.63, 3.8) is 0 Å². The predicted octanol–water partition coefficient (Wildman–Crippen LogP) is 2.64. The van der Waals surface area contributed by atoms with Gasteiger partial charge in [-0.25, -0.2) is 10.9 Å². The molecule has 11 heteroatoms. The van der Waals surface area contributed by atoms with Crippen molar-refractivity contribution in [3.8, 4) is 0 Å². The Balaban J connectivity index is 1.15. The summed E-state index contributed by atoms with van der Waals surface area (Å²) in [6.07, 6.45) is 2.09. The van der Waals surface area contributed by atoms with Gasteiger partial charge in [-0.15, -0.1) is 0 Å². The lowest BCUT2D eigenvalue weighted by Gasteiger charge is -2.52. The van der Waals surface area contributed by atoms with Crippen molar-refractivity contribution in [2.45, 2.75) is 82.3 Å². The van der Waals surface area contributed by atoms with Crippen molar-refractivity contribution >= 4 is 5.91 Å². The molecule has 40 heavy (non-hydrogen) atoms. The van der Waals surface area contributed by atoms with E-state index in [4.69, 9.17) is 4.74 Å². The molecule has 0 bridgehead atoms. The number of amides is 1. The van der Waals surface area contributed by atoms with Gasteiger partial charge in [-0.1, -0.05) is 6.42 Å². The fraction of sp³-hybridized carbons (Fsp3) is 0.966. The third-order valence-corrected chi connectivity index (χ3v) is 11.6. The molecule has 0 aromatic rings. The molecule has 2 saturated carbocycles. The lowest BCUT2D eigenvalue weighted by molar-refractivity contribution is -0.204. The van der Waals surface area contributed by atoms with Crippen molar-refractivity contribution < 1.29 is 27.8 Å². The van der Waals surface area contributed by atoms with Gasteiger partial charge in [-0.2, -0.15) is 13.2 Å². The standard InChI is InChI=1S/C29H48F3N5O3/c1-35-7-6-25(38)19(13-35)8-18-9-22-23(24(10-18)29(30,31)32)14-37(27(22)39)21-5-3-4-20(11-21)28(15-40-16-28)12-26-34-33-17-36(26)2/h18-26,33-34,38H,3-17H2,1-2H3/t18?,19-,20?,21?,22?,23?,24?,25+,26?/m0/s1. The number of rotatable bonds is 6. The monoisotopic (exact) mass is 571 g/mol. The summed E-state index contributed by atoms with van der Waals surface area (Å²) in [5.41, 5.74) is 6.63. The van der Waals surface area contributed by atoms with Gasteiger partial charge in [0.1, 0.15) is 0 Å². The highest BCUT2D eigenvalue weighted by molar-refractivity contribution is 5.82. The molecule has 7 unspecified atom stereocenters. The van der Waals surface area contributed by atoms with E-state index in [2.05, 4.69) is 27.7 Å². The molecule has 4 aliphatic heterocycles. The van der Waals surface area contributed by atoms with Gasteiger partial charge in [0.05, 0.1) is 38.1 Å². The number of likely N-dealkylation sites (tertiary alicyclic amines) is 2. The zero-order valence-electron chi connectivity index (χ0n) is 24.0. The van der Waals surface area contributed by atoms with Crippen molar-refractivity contribution in [1.29, 1.82) is 0 Å². The minimum atomic E-state index is -4.31. The van der Waals surface area contributed by atoms with Crippen LogP contribution in [0.1, 0.15) is 57.8 Å². The zero-order valence-corrected chi connectivity index (χ0v) is 24.0. The Morgan fingerprint density at radius 3 is 2.58 bits per heavy atom. The van der Waals surface area contributed by atoms with Crippen molar-refractivity contribution in [2.75, 3.05) is 53.6 Å². The van der Waals surface area contributed by atoms with Crippen LogP contribution in [0.25, 0.3) is 0 Å². The number of piperidine rings is 1. The quantitative estimate of drug-likeness (QED) is 0.453. The van der Waals surface area contributed by atoms with E-state index in [1.807, 2.05) is 11.9 Å². The highest BCUT2D eigenvalue weighted by Crippen LogP contribution is 2.53. The molecule has 4 saturated heterocycles. The molecule has 0 aromatic heterocycles. The van der Waals surface area contributed by atoms with E-state index in [0.717, 1.165) is 58.5 Å². The first-order chi connectivity index (χ1) is 19.0. The number of aliphatic hydroxyl groups excluding tert-OH is 1. The SMILES string of the molecule is CN1CC[C@@H](O)[C@@H](CC2CC3C(=O)N(C4CCCC(C5(CC6NNCN6C)COC5)C4)CC3C(C(F)(F)F)C2)C1. The summed E-state index contributed by atoms with van der Waals surface area (Å²) >= 11 is 0. The number of fused-ring (bicyclic) bond motifs is 1. The maximum atomic E-state index is 14.4. The molecule has 0 radical (unpaired) electrons. The summed E-state index contributed by atoms with van der Waals surface area (Å²) in [7, 11) is 4.10. The van der Waals surface area contributed by atoms with E-state index in [1.165, 1.54) is 0 Å². The molecule has 6 fully saturated rings. The van der Waals surface area contributed by atoms with Crippen LogP contribution >= 0.6 is 0 Å². The van der Waals surface area contributed by atoms with Gasteiger partial charge >= 0.3 is 6.18 Å². The highest BCUT2D eigenvalue weighted by Gasteiger charge is 2.58. The average molecular weight is 572 g/mol. The number of aliphatic hydroxyl groups is 1. The molecule has 8 nitrogen and oxygen atoms in total. The van der Waals surface area contributed by atoms with Crippen LogP contribution < -0.4 is 10.9 Å². The van der Waals surface area contributed by atoms with Crippen molar-refractivity contribution in [1.82, 2.24) is 25.6 Å². The highest BCUT2D eigenvalue weighted by atomic mass is 19.4. The van der Waals surface area contributed by atoms with Gasteiger partial charge in [-0.3, -0.25) is 9.69 Å². The number of hydrogen-bond acceptors (Lipinski definition) is 7. The second-order valence-corrected chi connectivity index (χ2v) is 14.2. The van der Waals surface area contributed by atoms with Crippen LogP contribution in [0.2, 0.25) is 0 Å². The molecular formula is C29H48F3N5O3. The smallest absolute Gasteiger partial charge is 0.392 e. The second kappa shape index (κ2) is 11.3. The normalized spacial score (nSPS) is 43.1. The van der Waals surface area contributed by atoms with E-state index < -0.39 is 30.0 Å². The molecule has 6 aliphatic rings. The third kappa shape index (κ3) is 5.55. The summed E-state index contributed by atoms with van der Waals surface area (Å²) in [4.78, 5) is 20.2. The Kier molecular flexibility index (Phi) is 8.20. The Labute approximate surface area is 236 Å². The first kappa shape index (κ1) is 29.1. The number of nitrogens with one attached hydrogen (secondary N) is 2. The minimum Gasteiger partial charge on any atom is -0.393 e. The first-order valence-corrected chi connectivity index (χ1v) is 15.5. The number of halogens is 3. The van der Waals surface area contributed by atoms with Crippen LogP contribution in [0.3, 0.4) is 0 Å². The Morgan fingerprint density at radius 1 is 1.10 bits per heavy atom. The first-order valence-electron chi connectivity index (χ1n) is 15.5. The number of carbonyl (C=O) groups excluding carboxylic acids is 1. The second-order valence-electron chi connectivity index (χ2n) is 14.2. The van der Waals surface area contributed by atoms with E-state index in [0.29, 0.717) is 31.7 Å². The largest absolute Gasteiger partial charge is 0.393 e. The zero-order chi connectivity index (χ0) is 28.2. The van der Waals surface area contributed by atoms with E-state index >= 15 is 0 Å². The van der Waals surface area contributed by atoms with Gasteiger partial charge in [0.2, 0.25) is 5.91 Å². The van der Waals surface area contributed by atoms with Gasteiger partial charge in [0, 0.05) is 37.0 Å². The van der Waals surface area contributed by atoms with Crippen LogP contribution in [-0.4, -0.2) is 104 Å². The van der Waals surface area contributed by atoms with Crippen LogP contribution in [0.4, 0.5) is 13.2 Å². The molecular weight excluding hydrogens is 523 g/mol. The molecule has 228 valence electrons. The number of nitrogens with zero attached hydrogens (tertiary/aromatic N) is 3. The maximum Gasteiger partial charge on any atom is 0.392 e. The number of alkyl halides is 3. The molecule has 3 N–H and O–H groups in total. The fourth-order valence-electron chi connectivity index (χ4n) is 9.26. The minimum absolute atomic E-state index is 0.0165. The molecule has 9 atom stereocenters. The summed E-state index contributed by atoms with van der Waals surface area (Å²) in [5, 5.41) is 10.6. The summed E-state index contributed by atoms with van der Waals surface area (Å²) < 4.78 is 49.1. The molecule has 0 aromatic carbocycles. The summed E-state index contributed by atoms with van der Waals surface area (Å²) in [5.74, 6) is -2.48. The Morgan fingerprint density at radius 2 is 1.90 bits per heavy atom. The van der Waals surface area contributed by atoms with Gasteiger partial charge < -0.3 is 19.6 Å². The lowest BCUT2D eigenvalue weighted by atomic mass is 9.64. The molecule has 6 rings (SSSR count). The van der Waals surface area contributed by atoms with Crippen molar-refractivity contribution in [3.05, 3.63) is 0 Å². The average Bonchev–Trinajstić information content (AvgIpc) is 3.45. The summed E-state index contributed by atoms with van der Waals surface area (Å²) in [6, 6.07) is 0.0165. The Hall–Kier alpha value is -0.980. The summed E-state index contributed by atoms with van der Waals surface area (Å²) in [6.45, 7) is 3.99. The number of hydrazine groups is 1. The van der Waals surface area contributed by atoms with Crippen LogP contribution in [0.15, 0.2) is 0 Å². The van der Waals surface area contributed by atoms with E-state index in [-0.39, 0.29) is 48.3 Å². The number of carbonyl (C=O) groups is 1. The fourth-order valence-corrected chi connectivity index (χ4v) is 9.26. The number of ether oxygens (including phenoxy) is 1. The van der Waals surface area contributed by atoms with Crippen LogP contribution in [-0.2, 0) is 9.53 Å². The molecule has 1 amide bonds. The van der Waals surface area contributed by atoms with E-state index in [1.54, 1.807) is 0 Å². The van der Waals surface area contributed by atoms with Crippen molar-refractivity contribution in [2.24, 2.45) is 40.9 Å². The van der Waals surface area contributed by atoms with Crippen LogP contribution in [0, 0.1) is 40.9 Å². The molecule has 2 aliphatic carbocycles. The predicted molar refractivity (Wildman–Crippen MR) is 143 cm³/mol. The van der Waals surface area contributed by atoms with Gasteiger partial charge in [-0.05, 0) is 89.1 Å². The van der Waals surface area contributed by atoms with Gasteiger partial charge in [0.15, 0.2) is 0 Å². The van der Waals surface area contributed by atoms with E-state index in [9.17, 15) is 23.1 Å². The molecule has 0 spiro atoms. The van der Waals surface area contributed by atoms with Crippen LogP contribution in [0.5, 0.6) is 0 Å². The Bertz CT molecular complexity index is 920. The van der Waals surface area contributed by atoms with Gasteiger partial charge in [0.25, 0.3) is 0 Å². The number of hydrogen-bond donors (Lipinski definition) is 3. The third-order valence-electron chi connectivity index (χ3n) is 11.6. The lowest BCUT2D eigenvalue weighted by Crippen LogP contribution is -2.56. The maximum absolute atomic E-state index is 14.4.